The first-order chi connectivity index (χ1) is 16.7. The van der Waals surface area contributed by atoms with Crippen molar-refractivity contribution >= 4 is 29.2 Å². The number of anilines is 2. The van der Waals surface area contributed by atoms with Crippen molar-refractivity contribution in [2.75, 3.05) is 18.4 Å². The molecule has 1 aromatic carbocycles. The van der Waals surface area contributed by atoms with Crippen LogP contribution < -0.4 is 10.1 Å². The van der Waals surface area contributed by atoms with Crippen molar-refractivity contribution in [2.24, 2.45) is 11.8 Å². The number of likely N-dealkylation sites (tertiary alicyclic amines) is 1. The summed E-state index contributed by atoms with van der Waals surface area (Å²) in [5.74, 6) is 0.933. The van der Waals surface area contributed by atoms with Gasteiger partial charge in [0.2, 0.25) is 5.88 Å². The van der Waals surface area contributed by atoms with Gasteiger partial charge in [0, 0.05) is 24.9 Å². The van der Waals surface area contributed by atoms with Crippen LogP contribution in [-0.2, 0) is 4.74 Å². The molecule has 1 aliphatic heterocycles. The first-order valence-corrected chi connectivity index (χ1v) is 12.2. The van der Waals surface area contributed by atoms with E-state index < -0.39 is 6.10 Å². The van der Waals surface area contributed by atoms with Crippen molar-refractivity contribution in [1.82, 2.24) is 14.9 Å². The van der Waals surface area contributed by atoms with Gasteiger partial charge in [0.15, 0.2) is 0 Å². The van der Waals surface area contributed by atoms with Crippen molar-refractivity contribution in [1.29, 1.82) is 5.26 Å². The number of fused-ring (bicyclic) bond motifs is 2. The van der Waals surface area contributed by atoms with Crippen molar-refractivity contribution in [3.8, 4) is 11.9 Å². The van der Waals surface area contributed by atoms with E-state index >= 15 is 0 Å². The third-order valence-corrected chi connectivity index (χ3v) is 7.48. The Labute approximate surface area is 209 Å². The number of halogens is 1. The maximum atomic E-state index is 12.7. The second kappa shape index (κ2) is 9.17. The van der Waals surface area contributed by atoms with Crippen LogP contribution in [-0.4, -0.2) is 57.0 Å². The topological polar surface area (TPSA) is 121 Å². The van der Waals surface area contributed by atoms with Gasteiger partial charge in [0.25, 0.3) is 0 Å². The van der Waals surface area contributed by atoms with Crippen molar-refractivity contribution in [3.63, 3.8) is 0 Å². The molecule has 1 saturated heterocycles. The molecule has 3 fully saturated rings. The van der Waals surface area contributed by atoms with Crippen LogP contribution >= 0.6 is 11.6 Å². The Morgan fingerprint density at radius 3 is 2.63 bits per heavy atom. The Morgan fingerprint density at radius 1 is 1.29 bits per heavy atom. The van der Waals surface area contributed by atoms with Crippen LogP contribution in [0, 0.1) is 30.1 Å². The highest BCUT2D eigenvalue weighted by Crippen LogP contribution is 2.42. The van der Waals surface area contributed by atoms with E-state index in [9.17, 15) is 9.90 Å². The number of piperidine rings is 1. The van der Waals surface area contributed by atoms with Crippen LogP contribution in [0.15, 0.2) is 24.5 Å². The number of aliphatic hydroxyl groups is 1. The third kappa shape index (κ3) is 5.00. The van der Waals surface area contributed by atoms with E-state index in [1.165, 1.54) is 6.33 Å². The molecule has 0 radical (unpaired) electrons. The summed E-state index contributed by atoms with van der Waals surface area (Å²) in [6.45, 7) is 4.77. The average Bonchev–Trinajstić information content (AvgIpc) is 3.54. The summed E-state index contributed by atoms with van der Waals surface area (Å²) in [5, 5.41) is 23.0. The van der Waals surface area contributed by atoms with E-state index in [-0.39, 0.29) is 29.6 Å². The molecule has 2 saturated carbocycles. The number of nitrogens with one attached hydrogen (secondary N) is 1. The Bertz CT molecular complexity index is 1160. The quantitative estimate of drug-likeness (QED) is 0.630. The number of nitriles is 1. The van der Waals surface area contributed by atoms with Gasteiger partial charge < -0.3 is 24.8 Å². The number of amides is 1. The van der Waals surface area contributed by atoms with Crippen molar-refractivity contribution in [3.05, 3.63) is 40.7 Å². The van der Waals surface area contributed by atoms with Crippen molar-refractivity contribution in [2.45, 2.75) is 57.3 Å². The monoisotopic (exact) mass is 497 g/mol. The molecule has 10 heteroatoms. The van der Waals surface area contributed by atoms with Gasteiger partial charge in [-0.15, -0.1) is 0 Å². The number of nitrogens with zero attached hydrogens (tertiary/aromatic N) is 4. The van der Waals surface area contributed by atoms with E-state index in [0.29, 0.717) is 53.9 Å². The van der Waals surface area contributed by atoms with Gasteiger partial charge >= 0.3 is 6.09 Å². The molecule has 5 rings (SSSR count). The zero-order valence-electron chi connectivity index (χ0n) is 19.7. The molecular formula is C25H28ClN5O4. The summed E-state index contributed by atoms with van der Waals surface area (Å²) in [7, 11) is 0. The van der Waals surface area contributed by atoms with Crippen LogP contribution in [0.1, 0.15) is 43.7 Å². The van der Waals surface area contributed by atoms with Gasteiger partial charge in [-0.2, -0.15) is 5.26 Å². The zero-order valence-corrected chi connectivity index (χ0v) is 20.5. The maximum Gasteiger partial charge on any atom is 0.410 e. The Morgan fingerprint density at radius 2 is 2.00 bits per heavy atom. The molecule has 2 unspecified atom stereocenters. The minimum Gasteiger partial charge on any atom is -0.473 e. The van der Waals surface area contributed by atoms with Gasteiger partial charge in [0.05, 0.1) is 34.0 Å². The minimum absolute atomic E-state index is 0.0317. The Kier molecular flexibility index (Phi) is 6.20. The van der Waals surface area contributed by atoms with Crippen LogP contribution in [0.5, 0.6) is 5.88 Å². The number of carbonyl (C=O) groups is 1. The fourth-order valence-electron chi connectivity index (χ4n) is 4.96. The van der Waals surface area contributed by atoms with Gasteiger partial charge in [0.1, 0.15) is 23.9 Å². The van der Waals surface area contributed by atoms with E-state index in [1.807, 2.05) is 13.8 Å². The normalized spacial score (nSPS) is 26.4. The predicted octanol–water partition coefficient (Wildman–Crippen LogP) is 4.19. The molecule has 35 heavy (non-hydrogen) atoms. The number of ether oxygens (including phenoxy) is 2. The fourth-order valence-corrected chi connectivity index (χ4v) is 5.19. The molecule has 3 aliphatic rings. The van der Waals surface area contributed by atoms with Crippen LogP contribution in [0.3, 0.4) is 0 Å². The molecule has 1 aromatic heterocycles. The molecule has 2 heterocycles. The first kappa shape index (κ1) is 23.6. The summed E-state index contributed by atoms with van der Waals surface area (Å²) >= 11 is 6.31. The number of carbonyl (C=O) groups excluding carboxylic acids is 1. The molecule has 2 atom stereocenters. The number of aromatic nitrogens is 2. The third-order valence-electron chi connectivity index (χ3n) is 7.17. The van der Waals surface area contributed by atoms with Crippen LogP contribution in [0.4, 0.5) is 16.3 Å². The minimum atomic E-state index is -0.411. The lowest BCUT2D eigenvalue weighted by Crippen LogP contribution is -2.58. The second-order valence-electron chi connectivity index (χ2n) is 10.0. The highest BCUT2D eigenvalue weighted by Gasteiger charge is 2.48. The molecule has 9 nitrogen and oxygen atoms in total. The molecule has 2 aliphatic carbocycles. The Hall–Kier alpha value is -3.09. The summed E-state index contributed by atoms with van der Waals surface area (Å²) in [4.78, 5) is 23.2. The maximum absolute atomic E-state index is 12.7. The molecular weight excluding hydrogens is 470 g/mol. The van der Waals surface area contributed by atoms with Crippen LogP contribution in [0.2, 0.25) is 5.02 Å². The number of rotatable bonds is 5. The average molecular weight is 498 g/mol. The van der Waals surface area contributed by atoms with Gasteiger partial charge in [-0.05, 0) is 57.7 Å². The largest absolute Gasteiger partial charge is 0.473 e. The lowest BCUT2D eigenvalue weighted by atomic mass is 9.74. The number of benzene rings is 1. The fraction of sp³-hybridized carbons (Fsp3) is 0.520. The smallest absolute Gasteiger partial charge is 0.410 e. The predicted molar refractivity (Wildman–Crippen MR) is 129 cm³/mol. The lowest BCUT2D eigenvalue weighted by Gasteiger charge is -2.47. The molecule has 0 spiro atoms. The summed E-state index contributed by atoms with van der Waals surface area (Å²) in [6.07, 6.45) is 3.47. The van der Waals surface area contributed by atoms with E-state index in [0.717, 1.165) is 18.4 Å². The van der Waals surface area contributed by atoms with Gasteiger partial charge in [-0.1, -0.05) is 11.6 Å². The summed E-state index contributed by atoms with van der Waals surface area (Å²) in [6, 6.07) is 7.06. The standard InChI is InChI=1S/C25H28ClN5O4/c1-14-22(30-20-4-3-15(10-27)7-19(20)26)28-13-29-23(14)34-21-16-8-18(32)9-17(21)12-31(11-16)24(33)35-25(2)5-6-25/h3-4,7,13,16-18,21,32H,5-6,8-9,11-12H2,1-2H3,(H,28,29,30). The Balaban J connectivity index is 1.31. The molecule has 2 N–H and O–H groups in total. The zero-order chi connectivity index (χ0) is 24.7. The second-order valence-corrected chi connectivity index (χ2v) is 10.4. The molecule has 2 aromatic rings. The van der Waals surface area contributed by atoms with Crippen molar-refractivity contribution < 1.29 is 19.4 Å². The number of aliphatic hydroxyl groups excluding tert-OH is 1. The highest BCUT2D eigenvalue weighted by atomic mass is 35.5. The van der Waals surface area contributed by atoms with E-state index in [2.05, 4.69) is 21.4 Å². The first-order valence-electron chi connectivity index (χ1n) is 11.9. The summed E-state index contributed by atoms with van der Waals surface area (Å²) < 4.78 is 12.1. The summed E-state index contributed by atoms with van der Waals surface area (Å²) in [5.41, 5.74) is 1.49. The molecule has 184 valence electrons. The van der Waals surface area contributed by atoms with Crippen LogP contribution in [0.25, 0.3) is 0 Å². The number of hydrogen-bond donors (Lipinski definition) is 2. The SMILES string of the molecule is Cc1c(Nc2ccc(C#N)cc2Cl)ncnc1OC1C2CC(O)CC1CN(C(=O)OC1(C)CC1)C2. The highest BCUT2D eigenvalue weighted by molar-refractivity contribution is 6.33. The van der Waals surface area contributed by atoms with Gasteiger partial charge in [-0.25, -0.2) is 14.8 Å². The molecule has 2 bridgehead atoms. The lowest BCUT2D eigenvalue weighted by molar-refractivity contribution is -0.0759. The van der Waals surface area contributed by atoms with Gasteiger partial charge in [-0.3, -0.25) is 0 Å². The number of hydrogen-bond acceptors (Lipinski definition) is 8. The van der Waals surface area contributed by atoms with E-state index in [1.54, 1.807) is 23.1 Å². The molecule has 1 amide bonds. The van der Waals surface area contributed by atoms with E-state index in [4.69, 9.17) is 26.3 Å².